The molecule has 0 saturated carbocycles. The lowest BCUT2D eigenvalue weighted by Gasteiger charge is -2.28. The first-order valence-corrected chi connectivity index (χ1v) is 8.34. The van der Waals surface area contributed by atoms with E-state index >= 15 is 0 Å². The largest absolute Gasteiger partial charge is 0.497 e. The Morgan fingerprint density at radius 2 is 1.88 bits per heavy atom. The number of carbonyl (C=O) groups excluding carboxylic acids is 1. The molecule has 3 rings (SSSR count). The van der Waals surface area contributed by atoms with Crippen LogP contribution in [0, 0.1) is 0 Å². The number of fused-ring (bicyclic) bond motifs is 1. The fourth-order valence-corrected chi connectivity index (χ4v) is 3.20. The fraction of sp³-hybridized carbons (Fsp3) is 0.350. The van der Waals surface area contributed by atoms with E-state index in [0.717, 1.165) is 22.6 Å². The predicted molar refractivity (Wildman–Crippen MR) is 96.8 cm³/mol. The third-order valence-corrected chi connectivity index (χ3v) is 4.22. The highest BCUT2D eigenvalue weighted by molar-refractivity contribution is 5.96. The van der Waals surface area contributed by atoms with Crippen LogP contribution in [0.15, 0.2) is 36.4 Å². The summed E-state index contributed by atoms with van der Waals surface area (Å²) in [7, 11) is 3.22. The summed E-state index contributed by atoms with van der Waals surface area (Å²) >= 11 is 0. The molecule has 1 N–H and O–H groups in total. The van der Waals surface area contributed by atoms with Gasteiger partial charge in [0.15, 0.2) is 0 Å². The molecule has 2 aromatic rings. The Bertz CT molecular complexity index is 785. The minimum absolute atomic E-state index is 0.0250. The Morgan fingerprint density at radius 1 is 1.08 bits per heavy atom. The number of carbonyl (C=O) groups is 1. The molecule has 5 nitrogen and oxygen atoms in total. The summed E-state index contributed by atoms with van der Waals surface area (Å²) in [6.45, 7) is 3.98. The van der Waals surface area contributed by atoms with Crippen molar-refractivity contribution < 1.29 is 19.0 Å². The molecule has 2 aromatic carbocycles. The Kier molecular flexibility index (Phi) is 4.83. The quantitative estimate of drug-likeness (QED) is 0.894. The van der Waals surface area contributed by atoms with E-state index in [2.05, 4.69) is 5.32 Å². The number of anilines is 1. The molecule has 1 aliphatic heterocycles. The van der Waals surface area contributed by atoms with E-state index in [0.29, 0.717) is 17.9 Å². The lowest BCUT2D eigenvalue weighted by Crippen LogP contribution is -2.24. The number of benzene rings is 2. The van der Waals surface area contributed by atoms with Crippen molar-refractivity contribution in [2.75, 3.05) is 19.5 Å². The van der Waals surface area contributed by atoms with Crippen LogP contribution in [0.5, 0.6) is 17.2 Å². The Morgan fingerprint density at radius 3 is 2.56 bits per heavy atom. The number of nitrogens with one attached hydrogen (secondary N) is 1. The molecule has 1 heterocycles. The Hall–Kier alpha value is -2.69. The molecule has 0 unspecified atom stereocenters. The summed E-state index contributed by atoms with van der Waals surface area (Å²) < 4.78 is 16.7. The van der Waals surface area contributed by atoms with Crippen LogP contribution in [0.3, 0.4) is 0 Å². The van der Waals surface area contributed by atoms with Gasteiger partial charge in [-0.2, -0.15) is 0 Å². The maximum absolute atomic E-state index is 12.2. The van der Waals surface area contributed by atoms with Gasteiger partial charge in [0.25, 0.3) is 0 Å². The van der Waals surface area contributed by atoms with Gasteiger partial charge in [-0.25, -0.2) is 0 Å². The topological polar surface area (TPSA) is 56.8 Å². The second-order valence-electron chi connectivity index (χ2n) is 6.33. The predicted octanol–water partition coefficient (Wildman–Crippen LogP) is 3.97. The monoisotopic (exact) mass is 341 g/mol. The maximum Gasteiger partial charge on any atom is 0.225 e. The van der Waals surface area contributed by atoms with Crippen molar-refractivity contribution in [3.05, 3.63) is 47.5 Å². The van der Waals surface area contributed by atoms with Gasteiger partial charge in [0, 0.05) is 30.0 Å². The number of hydrogen-bond acceptors (Lipinski definition) is 4. The highest BCUT2D eigenvalue weighted by Gasteiger charge is 2.30. The molecular formula is C20H23NO4. The second-order valence-corrected chi connectivity index (χ2v) is 6.33. The minimum Gasteiger partial charge on any atom is -0.497 e. The molecular weight excluding hydrogens is 318 g/mol. The van der Waals surface area contributed by atoms with Gasteiger partial charge in [-0.15, -0.1) is 0 Å². The molecule has 0 fully saturated rings. The van der Waals surface area contributed by atoms with Crippen molar-refractivity contribution in [1.82, 2.24) is 0 Å². The zero-order chi connectivity index (χ0) is 18.0. The molecule has 25 heavy (non-hydrogen) atoms. The molecule has 5 heteroatoms. The van der Waals surface area contributed by atoms with Crippen LogP contribution < -0.4 is 19.5 Å². The van der Waals surface area contributed by atoms with Gasteiger partial charge in [0.2, 0.25) is 5.91 Å². The number of methoxy groups -OCH3 is 2. The number of amides is 1. The van der Waals surface area contributed by atoms with Crippen LogP contribution in [-0.2, 0) is 4.79 Å². The smallest absolute Gasteiger partial charge is 0.225 e. The summed E-state index contributed by atoms with van der Waals surface area (Å²) in [5.74, 6) is 2.03. The van der Waals surface area contributed by atoms with Crippen LogP contribution in [0.25, 0.3) is 0 Å². The summed E-state index contributed by atoms with van der Waals surface area (Å²) in [5, 5.41) is 2.93. The first kappa shape index (κ1) is 17.1. The molecule has 0 bridgehead atoms. The SMILES string of the molecule is COc1cc2c(c(OC)c1)[C@H](c1cccc(OC(C)C)c1)CC(=O)N2. The third kappa shape index (κ3) is 3.55. The van der Waals surface area contributed by atoms with Crippen LogP contribution in [0.2, 0.25) is 0 Å². The normalized spacial score (nSPS) is 16.2. The lowest BCUT2D eigenvalue weighted by atomic mass is 9.84. The Balaban J connectivity index is 2.09. The minimum atomic E-state index is -0.0969. The number of hydrogen-bond donors (Lipinski definition) is 1. The van der Waals surface area contributed by atoms with Crippen LogP contribution in [-0.4, -0.2) is 26.2 Å². The van der Waals surface area contributed by atoms with Crippen molar-refractivity contribution in [2.45, 2.75) is 32.3 Å². The van der Waals surface area contributed by atoms with Gasteiger partial charge in [-0.3, -0.25) is 4.79 Å². The van der Waals surface area contributed by atoms with E-state index in [9.17, 15) is 4.79 Å². The van der Waals surface area contributed by atoms with Crippen molar-refractivity contribution >= 4 is 11.6 Å². The van der Waals surface area contributed by atoms with E-state index in [1.165, 1.54) is 0 Å². The van der Waals surface area contributed by atoms with Crippen molar-refractivity contribution in [2.24, 2.45) is 0 Å². The molecule has 0 aliphatic carbocycles. The third-order valence-electron chi connectivity index (χ3n) is 4.22. The van der Waals surface area contributed by atoms with Crippen LogP contribution in [0.4, 0.5) is 5.69 Å². The summed E-state index contributed by atoms with van der Waals surface area (Å²) in [4.78, 5) is 12.2. The van der Waals surface area contributed by atoms with Crippen LogP contribution >= 0.6 is 0 Å². The molecule has 1 atom stereocenters. The molecule has 1 aliphatic rings. The molecule has 1 amide bonds. The average Bonchev–Trinajstić information content (AvgIpc) is 2.59. The van der Waals surface area contributed by atoms with Gasteiger partial charge in [0.05, 0.1) is 26.0 Å². The molecule has 132 valence electrons. The molecule has 0 spiro atoms. The van der Waals surface area contributed by atoms with E-state index in [4.69, 9.17) is 14.2 Å². The van der Waals surface area contributed by atoms with Gasteiger partial charge < -0.3 is 19.5 Å². The standard InChI is InChI=1S/C20H23NO4/c1-12(2)25-14-7-5-6-13(8-14)16-11-19(22)21-17-9-15(23-3)10-18(24-4)20(16)17/h5-10,12,16H,11H2,1-4H3,(H,21,22)/t16-/m0/s1. The van der Waals surface area contributed by atoms with Gasteiger partial charge >= 0.3 is 0 Å². The lowest BCUT2D eigenvalue weighted by molar-refractivity contribution is -0.116. The zero-order valence-corrected chi connectivity index (χ0v) is 15.0. The zero-order valence-electron chi connectivity index (χ0n) is 15.0. The van der Waals surface area contributed by atoms with Gasteiger partial charge in [-0.1, -0.05) is 12.1 Å². The van der Waals surface area contributed by atoms with Crippen molar-refractivity contribution in [3.63, 3.8) is 0 Å². The van der Waals surface area contributed by atoms with Gasteiger partial charge in [0.1, 0.15) is 17.2 Å². The number of ether oxygens (including phenoxy) is 3. The maximum atomic E-state index is 12.2. The van der Waals surface area contributed by atoms with Crippen molar-refractivity contribution in [3.8, 4) is 17.2 Å². The number of rotatable bonds is 5. The molecule has 0 saturated heterocycles. The average molecular weight is 341 g/mol. The summed E-state index contributed by atoms with van der Waals surface area (Å²) in [5.41, 5.74) is 2.72. The molecule has 0 aromatic heterocycles. The van der Waals surface area contributed by atoms with Crippen molar-refractivity contribution in [1.29, 1.82) is 0 Å². The first-order valence-electron chi connectivity index (χ1n) is 8.34. The molecule has 0 radical (unpaired) electrons. The van der Waals surface area contributed by atoms with E-state index < -0.39 is 0 Å². The highest BCUT2D eigenvalue weighted by atomic mass is 16.5. The van der Waals surface area contributed by atoms with E-state index in [1.807, 2.05) is 50.2 Å². The second kappa shape index (κ2) is 7.05. The highest BCUT2D eigenvalue weighted by Crippen LogP contribution is 2.45. The summed E-state index contributed by atoms with van der Waals surface area (Å²) in [6, 6.07) is 11.6. The Labute approximate surface area is 147 Å². The van der Waals surface area contributed by atoms with E-state index in [-0.39, 0.29) is 17.9 Å². The first-order chi connectivity index (χ1) is 12.0. The fourth-order valence-electron chi connectivity index (χ4n) is 3.20. The van der Waals surface area contributed by atoms with Crippen LogP contribution in [0.1, 0.15) is 37.3 Å². The van der Waals surface area contributed by atoms with E-state index in [1.54, 1.807) is 14.2 Å². The van der Waals surface area contributed by atoms with Gasteiger partial charge in [-0.05, 0) is 31.5 Å². The summed E-state index contributed by atoms with van der Waals surface area (Å²) in [6.07, 6.45) is 0.455.